The first-order chi connectivity index (χ1) is 9.77. The highest BCUT2D eigenvalue weighted by atomic mass is 35.5. The maximum Gasteiger partial charge on any atom is 0.272 e. The summed E-state index contributed by atoms with van der Waals surface area (Å²) in [4.78, 5) is 11.8. The van der Waals surface area contributed by atoms with Gasteiger partial charge in [0.15, 0.2) is 0 Å². The second kappa shape index (κ2) is 7.26. The largest absolute Gasteiger partial charge is 0.272 e. The van der Waals surface area contributed by atoms with Crippen LogP contribution in [-0.4, -0.2) is 12.1 Å². The van der Waals surface area contributed by atoms with Crippen molar-refractivity contribution < 1.29 is 4.79 Å². The molecule has 3 nitrogen and oxygen atoms in total. The van der Waals surface area contributed by atoms with Crippen LogP contribution in [0.1, 0.15) is 15.9 Å². The number of allylic oxidation sites excluding steroid dienone is 1. The number of nitrogens with zero attached hydrogens (tertiary/aromatic N) is 1. The van der Waals surface area contributed by atoms with Crippen molar-refractivity contribution in [1.82, 2.24) is 5.43 Å². The zero-order chi connectivity index (χ0) is 14.2. The molecule has 1 N–H and O–H groups in total. The van der Waals surface area contributed by atoms with Crippen molar-refractivity contribution in [2.24, 2.45) is 5.10 Å². The number of carbonyl (C=O) groups is 1. The van der Waals surface area contributed by atoms with Crippen LogP contribution in [0.5, 0.6) is 0 Å². The van der Waals surface area contributed by atoms with Crippen molar-refractivity contribution in [3.8, 4) is 0 Å². The molecule has 1 amide bonds. The highest BCUT2D eigenvalue weighted by molar-refractivity contribution is 6.33. The Morgan fingerprint density at radius 3 is 2.50 bits per heavy atom. The van der Waals surface area contributed by atoms with Crippen LogP contribution in [0, 0.1) is 0 Å². The van der Waals surface area contributed by atoms with E-state index in [0.29, 0.717) is 10.6 Å². The lowest BCUT2D eigenvalue weighted by atomic mass is 10.2. The van der Waals surface area contributed by atoms with Gasteiger partial charge in [0.05, 0.1) is 10.6 Å². The lowest BCUT2D eigenvalue weighted by Gasteiger charge is -2.00. The Bertz CT molecular complexity index is 636. The molecule has 0 aliphatic heterocycles. The molecule has 0 unspecified atom stereocenters. The van der Waals surface area contributed by atoms with Crippen LogP contribution in [0.3, 0.4) is 0 Å². The molecule has 0 saturated heterocycles. The molecule has 0 spiro atoms. The quantitative estimate of drug-likeness (QED) is 0.674. The van der Waals surface area contributed by atoms with Crippen LogP contribution >= 0.6 is 11.6 Å². The Balaban J connectivity index is 1.89. The van der Waals surface area contributed by atoms with Gasteiger partial charge in [0.1, 0.15) is 0 Å². The Hall–Kier alpha value is -2.39. The molecule has 2 aromatic rings. The fourth-order valence-electron chi connectivity index (χ4n) is 1.56. The molecule has 0 heterocycles. The molecule has 20 heavy (non-hydrogen) atoms. The van der Waals surface area contributed by atoms with Crippen molar-refractivity contribution in [2.45, 2.75) is 0 Å². The molecule has 4 heteroatoms. The second-order valence-electron chi connectivity index (χ2n) is 3.97. The molecule has 0 aromatic heterocycles. The third kappa shape index (κ3) is 4.07. The van der Waals surface area contributed by atoms with Crippen LogP contribution < -0.4 is 5.43 Å². The number of hydrazone groups is 1. The standard InChI is InChI=1S/C16H13ClN2O/c17-15-11-5-4-10-14(15)16(20)19-18-12-6-9-13-7-2-1-3-8-13/h1-12H,(H,19,20)/b9-6+,18-12+. The predicted octanol–water partition coefficient (Wildman–Crippen LogP) is 3.77. The SMILES string of the molecule is O=C(N/N=C/C=C/c1ccccc1)c1ccccc1Cl. The number of benzene rings is 2. The fraction of sp³-hybridized carbons (Fsp3) is 0. The van der Waals surface area contributed by atoms with E-state index in [2.05, 4.69) is 10.5 Å². The van der Waals surface area contributed by atoms with Crippen LogP contribution in [0.2, 0.25) is 5.02 Å². The maximum atomic E-state index is 11.8. The summed E-state index contributed by atoms with van der Waals surface area (Å²) in [6, 6.07) is 16.6. The molecule has 2 aromatic carbocycles. The monoisotopic (exact) mass is 284 g/mol. The summed E-state index contributed by atoms with van der Waals surface area (Å²) in [6.07, 6.45) is 5.16. The molecule has 0 aliphatic carbocycles. The van der Waals surface area contributed by atoms with Crippen molar-refractivity contribution in [3.05, 3.63) is 76.8 Å². The smallest absolute Gasteiger partial charge is 0.267 e. The normalized spacial score (nSPS) is 11.1. The first-order valence-electron chi connectivity index (χ1n) is 6.07. The average molecular weight is 285 g/mol. The van der Waals surface area contributed by atoms with E-state index in [4.69, 9.17) is 11.6 Å². The second-order valence-corrected chi connectivity index (χ2v) is 4.38. The van der Waals surface area contributed by atoms with Gasteiger partial charge < -0.3 is 0 Å². The van der Waals surface area contributed by atoms with Gasteiger partial charge in [0, 0.05) is 6.21 Å². The third-order valence-corrected chi connectivity index (χ3v) is 2.86. The summed E-state index contributed by atoms with van der Waals surface area (Å²) in [7, 11) is 0. The zero-order valence-corrected chi connectivity index (χ0v) is 11.4. The summed E-state index contributed by atoms with van der Waals surface area (Å²) in [5.41, 5.74) is 3.89. The van der Waals surface area contributed by atoms with Gasteiger partial charge in [-0.1, -0.05) is 60.1 Å². The van der Waals surface area contributed by atoms with Crippen molar-refractivity contribution in [1.29, 1.82) is 0 Å². The predicted molar refractivity (Wildman–Crippen MR) is 82.9 cm³/mol. The first-order valence-corrected chi connectivity index (χ1v) is 6.45. The fourth-order valence-corrected chi connectivity index (χ4v) is 1.78. The van der Waals surface area contributed by atoms with E-state index in [1.54, 1.807) is 30.3 Å². The number of hydrogen-bond acceptors (Lipinski definition) is 2. The zero-order valence-electron chi connectivity index (χ0n) is 10.7. The van der Waals surface area contributed by atoms with E-state index in [9.17, 15) is 4.79 Å². The molecule has 0 aliphatic rings. The van der Waals surface area contributed by atoms with Gasteiger partial charge in [0.25, 0.3) is 5.91 Å². The topological polar surface area (TPSA) is 41.5 Å². The molecule has 0 fully saturated rings. The van der Waals surface area contributed by atoms with E-state index in [1.807, 2.05) is 36.4 Å². The molecule has 0 radical (unpaired) electrons. The molecular formula is C16H13ClN2O. The first kappa shape index (κ1) is 14.0. The summed E-state index contributed by atoms with van der Waals surface area (Å²) in [5, 5.41) is 4.24. The summed E-state index contributed by atoms with van der Waals surface area (Å²) in [6.45, 7) is 0. The number of nitrogens with one attached hydrogen (secondary N) is 1. The Morgan fingerprint density at radius 1 is 1.05 bits per heavy atom. The molecular weight excluding hydrogens is 272 g/mol. The van der Waals surface area contributed by atoms with E-state index < -0.39 is 0 Å². The summed E-state index contributed by atoms with van der Waals surface area (Å²) < 4.78 is 0. The van der Waals surface area contributed by atoms with Gasteiger partial charge in [-0.25, -0.2) is 5.43 Å². The van der Waals surface area contributed by atoms with Gasteiger partial charge >= 0.3 is 0 Å². The third-order valence-electron chi connectivity index (χ3n) is 2.53. The summed E-state index contributed by atoms with van der Waals surface area (Å²) >= 11 is 5.91. The number of rotatable bonds is 4. The molecule has 0 bridgehead atoms. The molecule has 0 atom stereocenters. The summed E-state index contributed by atoms with van der Waals surface area (Å²) in [5.74, 6) is -0.333. The van der Waals surface area contributed by atoms with Gasteiger partial charge in [-0.2, -0.15) is 5.10 Å². The molecule has 2 rings (SSSR count). The Labute approximate surface area is 122 Å². The maximum absolute atomic E-state index is 11.8. The van der Waals surface area contributed by atoms with E-state index in [1.165, 1.54) is 6.21 Å². The average Bonchev–Trinajstić information content (AvgIpc) is 2.48. The minimum atomic E-state index is -0.333. The van der Waals surface area contributed by atoms with Gasteiger partial charge in [0.2, 0.25) is 0 Å². The van der Waals surface area contributed by atoms with Crippen molar-refractivity contribution in [3.63, 3.8) is 0 Å². The molecule has 0 saturated carbocycles. The highest BCUT2D eigenvalue weighted by Crippen LogP contribution is 2.14. The van der Waals surface area contributed by atoms with Crippen LogP contribution in [0.25, 0.3) is 6.08 Å². The van der Waals surface area contributed by atoms with E-state index >= 15 is 0 Å². The van der Waals surface area contributed by atoms with Gasteiger partial charge in [-0.3, -0.25) is 4.79 Å². The Morgan fingerprint density at radius 2 is 1.75 bits per heavy atom. The van der Waals surface area contributed by atoms with Crippen molar-refractivity contribution in [2.75, 3.05) is 0 Å². The lowest BCUT2D eigenvalue weighted by molar-refractivity contribution is 0.0955. The number of carbonyl (C=O) groups excluding carboxylic acids is 1. The van der Waals surface area contributed by atoms with Gasteiger partial charge in [-0.05, 0) is 23.8 Å². The van der Waals surface area contributed by atoms with Gasteiger partial charge in [-0.15, -0.1) is 0 Å². The number of amides is 1. The highest BCUT2D eigenvalue weighted by Gasteiger charge is 2.07. The number of hydrogen-bond donors (Lipinski definition) is 1. The van der Waals surface area contributed by atoms with Crippen LogP contribution in [0.15, 0.2) is 65.8 Å². The minimum Gasteiger partial charge on any atom is -0.267 e. The Kier molecular flexibility index (Phi) is 5.09. The minimum absolute atomic E-state index is 0.333. The van der Waals surface area contributed by atoms with E-state index in [0.717, 1.165) is 5.56 Å². The van der Waals surface area contributed by atoms with Crippen LogP contribution in [-0.2, 0) is 0 Å². The van der Waals surface area contributed by atoms with E-state index in [-0.39, 0.29) is 5.91 Å². The van der Waals surface area contributed by atoms with Crippen LogP contribution in [0.4, 0.5) is 0 Å². The lowest BCUT2D eigenvalue weighted by Crippen LogP contribution is -2.17. The van der Waals surface area contributed by atoms with Crippen molar-refractivity contribution >= 4 is 29.8 Å². The number of halogens is 1. The molecule has 100 valence electrons.